The number of rotatable bonds is 3. The highest BCUT2D eigenvalue weighted by Crippen LogP contribution is 2.38. The maximum atomic E-state index is 13.4. The first-order valence-corrected chi connectivity index (χ1v) is 10.8. The fraction of sp³-hybridized carbons (Fsp3) is 0.182. The number of pyridine rings is 1. The van der Waals surface area contributed by atoms with Crippen molar-refractivity contribution in [3.05, 3.63) is 47.9 Å². The number of nitrogens with zero attached hydrogens (tertiary/aromatic N) is 4. The number of furan rings is 1. The molecule has 1 aliphatic heterocycles. The largest absolute Gasteiger partial charge is 0.486 e. The zero-order valence-corrected chi connectivity index (χ0v) is 18.0. The van der Waals surface area contributed by atoms with E-state index >= 15 is 0 Å². The van der Waals surface area contributed by atoms with E-state index in [1.807, 2.05) is 19.1 Å². The summed E-state index contributed by atoms with van der Waals surface area (Å²) in [5.74, 6) is 1.63. The van der Waals surface area contributed by atoms with Gasteiger partial charge in [-0.05, 0) is 25.1 Å². The number of amides is 1. The van der Waals surface area contributed by atoms with E-state index in [1.165, 1.54) is 11.3 Å². The van der Waals surface area contributed by atoms with Gasteiger partial charge in [-0.1, -0.05) is 11.3 Å². The molecule has 5 heterocycles. The van der Waals surface area contributed by atoms with E-state index in [1.54, 1.807) is 36.2 Å². The van der Waals surface area contributed by atoms with E-state index in [0.717, 1.165) is 15.9 Å². The fourth-order valence-electron chi connectivity index (χ4n) is 3.86. The maximum absolute atomic E-state index is 13.4. The predicted octanol–water partition coefficient (Wildman–Crippen LogP) is 4.17. The number of fused-ring (bicyclic) bond motifs is 3. The van der Waals surface area contributed by atoms with E-state index in [-0.39, 0.29) is 5.91 Å². The summed E-state index contributed by atoms with van der Waals surface area (Å²) in [5.41, 5.74) is 3.08. The third kappa shape index (κ3) is 2.99. The molecule has 6 rings (SSSR count). The van der Waals surface area contributed by atoms with Crippen LogP contribution >= 0.6 is 11.3 Å². The first kappa shape index (κ1) is 18.8. The fourth-order valence-corrected chi connectivity index (χ4v) is 4.73. The number of thiazole rings is 1. The second-order valence-electron chi connectivity index (χ2n) is 7.38. The Kier molecular flexibility index (Phi) is 4.15. The Morgan fingerprint density at radius 3 is 2.75 bits per heavy atom. The van der Waals surface area contributed by atoms with Gasteiger partial charge in [0.25, 0.3) is 5.91 Å². The van der Waals surface area contributed by atoms with Gasteiger partial charge in [-0.15, -0.1) is 0 Å². The zero-order valence-electron chi connectivity index (χ0n) is 17.2. The molecule has 0 saturated heterocycles. The number of hydrogen-bond acceptors (Lipinski definition) is 8. The molecule has 160 valence electrons. The summed E-state index contributed by atoms with van der Waals surface area (Å²) >= 11 is 1.38. The molecule has 0 saturated carbocycles. The molecule has 5 aromatic rings. The minimum absolute atomic E-state index is 0.294. The van der Waals surface area contributed by atoms with Gasteiger partial charge in [0.05, 0.1) is 33.1 Å². The lowest BCUT2D eigenvalue weighted by Gasteiger charge is -2.17. The van der Waals surface area contributed by atoms with E-state index in [0.29, 0.717) is 57.9 Å². The number of hydrogen-bond donors (Lipinski definition) is 1. The number of benzene rings is 1. The van der Waals surface area contributed by atoms with Crippen molar-refractivity contribution in [2.45, 2.75) is 6.92 Å². The molecule has 0 spiro atoms. The van der Waals surface area contributed by atoms with Crippen molar-refractivity contribution in [2.24, 2.45) is 7.05 Å². The van der Waals surface area contributed by atoms with Crippen LogP contribution in [0.15, 0.2) is 41.0 Å². The first-order valence-electron chi connectivity index (χ1n) is 9.96. The normalized spacial score (nSPS) is 13.1. The van der Waals surface area contributed by atoms with Gasteiger partial charge < -0.3 is 13.9 Å². The third-order valence-electron chi connectivity index (χ3n) is 5.26. The summed E-state index contributed by atoms with van der Waals surface area (Å²) in [6.45, 7) is 2.88. The van der Waals surface area contributed by atoms with Gasteiger partial charge in [0, 0.05) is 19.2 Å². The Morgan fingerprint density at radius 2 is 1.97 bits per heavy atom. The summed E-state index contributed by atoms with van der Waals surface area (Å²) in [6.07, 6.45) is 1.57. The van der Waals surface area contributed by atoms with Crippen LogP contribution in [-0.2, 0) is 7.05 Å². The SMILES string of the molecule is Cc1nn(C)c2nc(-c3ccco3)cc(C(=O)Nc3nc4cc5c(cc4s3)OCCO5)c12. The van der Waals surface area contributed by atoms with Gasteiger partial charge in [0.2, 0.25) is 0 Å². The van der Waals surface area contributed by atoms with Crippen LogP contribution in [0.25, 0.3) is 32.7 Å². The standard InChI is InChI=1S/C22H17N5O4S/c1-11-19-12(8-13(15-4-3-5-29-15)23-20(19)27(2)26-11)21(28)25-22-24-14-9-16-17(10-18(14)32-22)31-7-6-30-16/h3-5,8-10H,6-7H2,1-2H3,(H,24,25,28). The van der Waals surface area contributed by atoms with Crippen LogP contribution < -0.4 is 14.8 Å². The lowest BCUT2D eigenvalue weighted by Crippen LogP contribution is -2.15. The quantitative estimate of drug-likeness (QED) is 0.443. The van der Waals surface area contributed by atoms with Gasteiger partial charge in [-0.3, -0.25) is 14.8 Å². The van der Waals surface area contributed by atoms with Crippen LogP contribution in [0.2, 0.25) is 0 Å². The Labute approximate surface area is 185 Å². The lowest BCUT2D eigenvalue weighted by molar-refractivity contribution is 0.102. The molecule has 0 fully saturated rings. The molecule has 0 aliphatic carbocycles. The van der Waals surface area contributed by atoms with Crippen LogP contribution in [0.1, 0.15) is 16.1 Å². The van der Waals surface area contributed by atoms with Crippen molar-refractivity contribution in [1.29, 1.82) is 0 Å². The third-order valence-corrected chi connectivity index (χ3v) is 6.19. The molecule has 10 heteroatoms. The number of anilines is 1. The molecule has 4 aromatic heterocycles. The average molecular weight is 447 g/mol. The number of aromatic nitrogens is 4. The molecule has 0 unspecified atom stereocenters. The minimum atomic E-state index is -0.294. The van der Waals surface area contributed by atoms with Crippen LogP contribution in [0.4, 0.5) is 5.13 Å². The van der Waals surface area contributed by atoms with Gasteiger partial charge in [0.1, 0.15) is 18.9 Å². The monoisotopic (exact) mass is 447 g/mol. The van der Waals surface area contributed by atoms with Gasteiger partial charge in [-0.25, -0.2) is 9.97 Å². The molecule has 1 aliphatic rings. The van der Waals surface area contributed by atoms with Crippen LogP contribution in [0, 0.1) is 6.92 Å². The van der Waals surface area contributed by atoms with Gasteiger partial charge in [-0.2, -0.15) is 5.10 Å². The molecule has 0 atom stereocenters. The predicted molar refractivity (Wildman–Crippen MR) is 120 cm³/mol. The molecular formula is C22H17N5O4S. The van der Waals surface area contributed by atoms with Crippen LogP contribution in [-0.4, -0.2) is 38.9 Å². The molecule has 0 radical (unpaired) electrons. The number of ether oxygens (including phenoxy) is 2. The molecule has 9 nitrogen and oxygen atoms in total. The number of aryl methyl sites for hydroxylation is 2. The highest BCUT2D eigenvalue weighted by molar-refractivity contribution is 7.22. The summed E-state index contributed by atoms with van der Waals surface area (Å²) in [4.78, 5) is 22.6. The van der Waals surface area contributed by atoms with Crippen molar-refractivity contribution in [3.63, 3.8) is 0 Å². The maximum Gasteiger partial charge on any atom is 0.258 e. The van der Waals surface area contributed by atoms with Gasteiger partial charge >= 0.3 is 0 Å². The lowest BCUT2D eigenvalue weighted by atomic mass is 10.1. The Bertz CT molecular complexity index is 1460. The van der Waals surface area contributed by atoms with Crippen LogP contribution in [0.3, 0.4) is 0 Å². The highest BCUT2D eigenvalue weighted by atomic mass is 32.1. The van der Waals surface area contributed by atoms with Crippen molar-refractivity contribution < 1.29 is 18.7 Å². The van der Waals surface area contributed by atoms with Gasteiger partial charge in [0.15, 0.2) is 28.0 Å². The molecule has 1 aromatic carbocycles. The Balaban J connectivity index is 1.41. The number of carbonyl (C=O) groups excluding carboxylic acids is 1. The van der Waals surface area contributed by atoms with E-state index in [9.17, 15) is 4.79 Å². The van der Waals surface area contributed by atoms with E-state index in [4.69, 9.17) is 13.9 Å². The molecule has 32 heavy (non-hydrogen) atoms. The van der Waals surface area contributed by atoms with Crippen molar-refractivity contribution in [2.75, 3.05) is 18.5 Å². The summed E-state index contributed by atoms with van der Waals surface area (Å²) in [5, 5.41) is 8.55. The summed E-state index contributed by atoms with van der Waals surface area (Å²) < 4.78 is 19.3. The topological polar surface area (TPSA) is 104 Å². The van der Waals surface area contributed by atoms with Crippen molar-refractivity contribution >= 4 is 43.6 Å². The molecule has 1 amide bonds. The zero-order chi connectivity index (χ0) is 21.8. The molecule has 1 N–H and O–H groups in total. The molecular weight excluding hydrogens is 430 g/mol. The molecule has 0 bridgehead atoms. The smallest absolute Gasteiger partial charge is 0.258 e. The Morgan fingerprint density at radius 1 is 1.16 bits per heavy atom. The van der Waals surface area contributed by atoms with E-state index in [2.05, 4.69) is 20.4 Å². The van der Waals surface area contributed by atoms with Crippen molar-refractivity contribution in [1.82, 2.24) is 19.7 Å². The average Bonchev–Trinajstić information content (AvgIpc) is 3.51. The second kappa shape index (κ2) is 7.06. The number of nitrogens with one attached hydrogen (secondary N) is 1. The first-order chi connectivity index (χ1) is 15.6. The Hall–Kier alpha value is -3.92. The number of carbonyl (C=O) groups is 1. The highest BCUT2D eigenvalue weighted by Gasteiger charge is 2.22. The van der Waals surface area contributed by atoms with Crippen LogP contribution in [0.5, 0.6) is 11.5 Å². The van der Waals surface area contributed by atoms with E-state index < -0.39 is 0 Å². The van der Waals surface area contributed by atoms with Crippen molar-refractivity contribution in [3.8, 4) is 23.0 Å². The summed E-state index contributed by atoms with van der Waals surface area (Å²) in [6, 6.07) is 9.03. The summed E-state index contributed by atoms with van der Waals surface area (Å²) in [7, 11) is 1.80. The second-order valence-corrected chi connectivity index (χ2v) is 8.41. The minimum Gasteiger partial charge on any atom is -0.486 e.